The summed E-state index contributed by atoms with van der Waals surface area (Å²) in [7, 11) is 0. The van der Waals surface area contributed by atoms with Crippen LogP contribution in [0.5, 0.6) is 0 Å². The van der Waals surface area contributed by atoms with Gasteiger partial charge in [0.15, 0.2) is 0 Å². The van der Waals surface area contributed by atoms with Crippen molar-refractivity contribution in [3.05, 3.63) is 51.7 Å². The molecule has 3 nitrogen and oxygen atoms in total. The van der Waals surface area contributed by atoms with Crippen molar-refractivity contribution in [2.24, 2.45) is 0 Å². The van der Waals surface area contributed by atoms with Gasteiger partial charge in [-0.05, 0) is 31.0 Å². The fraction of sp³-hybridized carbons (Fsp3) is 0.400. The van der Waals surface area contributed by atoms with E-state index < -0.39 is 6.10 Å². The number of aliphatic hydroxyl groups is 1. The fourth-order valence-corrected chi connectivity index (χ4v) is 2.72. The van der Waals surface area contributed by atoms with Gasteiger partial charge in [0.1, 0.15) is 5.82 Å². The van der Waals surface area contributed by atoms with E-state index in [1.54, 1.807) is 23.5 Å². The number of aromatic nitrogens is 1. The number of thiazole rings is 1. The molecule has 1 aromatic carbocycles. The lowest BCUT2D eigenvalue weighted by Gasteiger charge is -2.16. The van der Waals surface area contributed by atoms with E-state index in [4.69, 9.17) is 0 Å². The van der Waals surface area contributed by atoms with Crippen molar-refractivity contribution in [3.8, 4) is 0 Å². The Kier molecular flexibility index (Phi) is 5.23. The van der Waals surface area contributed by atoms with Gasteiger partial charge < -0.3 is 10.4 Å². The van der Waals surface area contributed by atoms with Crippen LogP contribution < -0.4 is 5.32 Å². The summed E-state index contributed by atoms with van der Waals surface area (Å²) in [5.74, 6) is -0.295. The maximum absolute atomic E-state index is 12.8. The number of benzene rings is 1. The van der Waals surface area contributed by atoms with Crippen molar-refractivity contribution in [2.75, 3.05) is 6.54 Å². The summed E-state index contributed by atoms with van der Waals surface area (Å²) in [5.41, 5.74) is 1.71. The lowest BCUT2D eigenvalue weighted by atomic mass is 10.1. The van der Waals surface area contributed by atoms with Gasteiger partial charge in [0, 0.05) is 18.0 Å². The number of nitrogens with one attached hydrogen (secondary N) is 1. The van der Waals surface area contributed by atoms with Crippen molar-refractivity contribution in [1.82, 2.24) is 10.3 Å². The van der Waals surface area contributed by atoms with Crippen LogP contribution >= 0.6 is 11.3 Å². The maximum atomic E-state index is 12.8. The van der Waals surface area contributed by atoms with Gasteiger partial charge in [-0.3, -0.25) is 0 Å². The number of nitrogens with zero attached hydrogens (tertiary/aromatic N) is 1. The molecule has 2 aromatic rings. The molecule has 2 N–H and O–H groups in total. The van der Waals surface area contributed by atoms with E-state index in [0.717, 1.165) is 17.1 Å². The number of rotatable bonds is 6. The molecule has 0 saturated heterocycles. The Labute approximate surface area is 122 Å². The number of aliphatic hydroxyl groups excluding tert-OH is 1. The van der Waals surface area contributed by atoms with Crippen LogP contribution in [0.2, 0.25) is 0 Å². The van der Waals surface area contributed by atoms with Gasteiger partial charge in [-0.1, -0.05) is 19.1 Å². The molecule has 0 fully saturated rings. The topological polar surface area (TPSA) is 45.2 Å². The average molecular weight is 294 g/mol. The van der Waals surface area contributed by atoms with Crippen molar-refractivity contribution >= 4 is 11.3 Å². The third kappa shape index (κ3) is 3.85. The molecule has 1 heterocycles. The lowest BCUT2D eigenvalue weighted by Crippen LogP contribution is -2.25. The van der Waals surface area contributed by atoms with Gasteiger partial charge in [0.2, 0.25) is 0 Å². The SMILES string of the molecule is CCc1nc([C@@H](C)NC[C@H](O)c2ccc(F)cc2)cs1. The molecule has 0 amide bonds. The van der Waals surface area contributed by atoms with Crippen molar-refractivity contribution in [1.29, 1.82) is 0 Å². The summed E-state index contributed by atoms with van der Waals surface area (Å²) in [6.07, 6.45) is 0.289. The standard InChI is InChI=1S/C15H19FN2OS/c1-3-15-18-13(9-20-15)10(2)17-8-14(19)11-4-6-12(16)7-5-11/h4-7,9-10,14,17,19H,3,8H2,1-2H3/t10-,14+/m1/s1. The summed E-state index contributed by atoms with van der Waals surface area (Å²) in [4.78, 5) is 4.52. The van der Waals surface area contributed by atoms with Crippen LogP contribution in [0.25, 0.3) is 0 Å². The zero-order valence-corrected chi connectivity index (χ0v) is 12.5. The number of halogens is 1. The Morgan fingerprint density at radius 2 is 2.05 bits per heavy atom. The van der Waals surface area contributed by atoms with E-state index in [0.29, 0.717) is 12.1 Å². The minimum absolute atomic E-state index is 0.0849. The van der Waals surface area contributed by atoms with Gasteiger partial charge in [0.25, 0.3) is 0 Å². The lowest BCUT2D eigenvalue weighted by molar-refractivity contribution is 0.170. The Morgan fingerprint density at radius 1 is 1.35 bits per heavy atom. The molecule has 0 unspecified atom stereocenters. The first kappa shape index (κ1) is 15.1. The first-order valence-electron chi connectivity index (χ1n) is 6.71. The molecule has 0 aliphatic rings. The molecule has 5 heteroatoms. The Balaban J connectivity index is 1.89. The highest BCUT2D eigenvalue weighted by atomic mass is 32.1. The van der Waals surface area contributed by atoms with Gasteiger partial charge in [-0.15, -0.1) is 11.3 Å². The van der Waals surface area contributed by atoms with Gasteiger partial charge in [0.05, 0.1) is 16.8 Å². The molecule has 108 valence electrons. The first-order chi connectivity index (χ1) is 9.60. The second-order valence-corrected chi connectivity index (χ2v) is 5.66. The van der Waals surface area contributed by atoms with Crippen LogP contribution in [0.1, 0.15) is 42.3 Å². The minimum Gasteiger partial charge on any atom is -0.387 e. The zero-order valence-electron chi connectivity index (χ0n) is 11.6. The molecular weight excluding hydrogens is 275 g/mol. The largest absolute Gasteiger partial charge is 0.387 e. The summed E-state index contributed by atoms with van der Waals surface area (Å²) < 4.78 is 12.8. The van der Waals surface area contributed by atoms with Gasteiger partial charge in [-0.25, -0.2) is 9.37 Å². The summed E-state index contributed by atoms with van der Waals surface area (Å²) >= 11 is 1.65. The highest BCUT2D eigenvalue weighted by Gasteiger charge is 2.12. The molecule has 0 saturated carbocycles. The highest BCUT2D eigenvalue weighted by Crippen LogP contribution is 2.18. The summed E-state index contributed by atoms with van der Waals surface area (Å²) in [6, 6.07) is 6.00. The van der Waals surface area contributed by atoms with Crippen LogP contribution in [-0.4, -0.2) is 16.6 Å². The zero-order chi connectivity index (χ0) is 14.5. The first-order valence-corrected chi connectivity index (χ1v) is 7.59. The van der Waals surface area contributed by atoms with Gasteiger partial charge >= 0.3 is 0 Å². The Hall–Kier alpha value is -1.30. The predicted molar refractivity (Wildman–Crippen MR) is 79.3 cm³/mol. The molecule has 2 atom stereocenters. The van der Waals surface area contributed by atoms with Crippen LogP contribution in [0.15, 0.2) is 29.6 Å². The van der Waals surface area contributed by atoms with Crippen LogP contribution in [0.3, 0.4) is 0 Å². The normalized spacial score (nSPS) is 14.2. The highest BCUT2D eigenvalue weighted by molar-refractivity contribution is 7.09. The van der Waals surface area contributed by atoms with E-state index in [1.807, 2.05) is 12.3 Å². The molecule has 1 aromatic heterocycles. The molecule has 0 bridgehead atoms. The van der Waals surface area contributed by atoms with Crippen molar-refractivity contribution in [3.63, 3.8) is 0 Å². The minimum atomic E-state index is -0.651. The van der Waals surface area contributed by atoms with E-state index in [9.17, 15) is 9.50 Å². The molecule has 0 aliphatic heterocycles. The van der Waals surface area contributed by atoms with Crippen molar-refractivity contribution < 1.29 is 9.50 Å². The van der Waals surface area contributed by atoms with E-state index in [-0.39, 0.29) is 11.9 Å². The van der Waals surface area contributed by atoms with E-state index >= 15 is 0 Å². The predicted octanol–water partition coefficient (Wildman–Crippen LogP) is 3.23. The molecule has 2 rings (SSSR count). The Bertz CT molecular complexity index is 541. The molecule has 20 heavy (non-hydrogen) atoms. The van der Waals surface area contributed by atoms with Crippen LogP contribution in [-0.2, 0) is 6.42 Å². The van der Waals surface area contributed by atoms with E-state index in [2.05, 4.69) is 17.2 Å². The second-order valence-electron chi connectivity index (χ2n) is 4.72. The van der Waals surface area contributed by atoms with E-state index in [1.165, 1.54) is 12.1 Å². The van der Waals surface area contributed by atoms with Gasteiger partial charge in [-0.2, -0.15) is 0 Å². The quantitative estimate of drug-likeness (QED) is 0.860. The maximum Gasteiger partial charge on any atom is 0.123 e. The average Bonchev–Trinajstić information content (AvgIpc) is 2.94. The smallest absolute Gasteiger partial charge is 0.123 e. The number of aryl methyl sites for hydroxylation is 1. The van der Waals surface area contributed by atoms with Crippen LogP contribution in [0, 0.1) is 5.82 Å². The fourth-order valence-electron chi connectivity index (χ4n) is 1.88. The summed E-state index contributed by atoms with van der Waals surface area (Å²) in [5, 5.41) is 16.5. The second kappa shape index (κ2) is 6.92. The molecular formula is C15H19FN2OS. The third-order valence-corrected chi connectivity index (χ3v) is 4.20. The number of hydrogen-bond acceptors (Lipinski definition) is 4. The third-order valence-electron chi connectivity index (χ3n) is 3.19. The Morgan fingerprint density at radius 3 is 2.65 bits per heavy atom. The monoisotopic (exact) mass is 294 g/mol. The molecule has 0 aliphatic carbocycles. The molecule has 0 spiro atoms. The summed E-state index contributed by atoms with van der Waals surface area (Å²) in [6.45, 7) is 4.51. The number of hydrogen-bond donors (Lipinski definition) is 2. The molecule has 0 radical (unpaired) electrons. The van der Waals surface area contributed by atoms with Crippen molar-refractivity contribution in [2.45, 2.75) is 32.4 Å². The van der Waals surface area contributed by atoms with Crippen LogP contribution in [0.4, 0.5) is 4.39 Å².